The van der Waals surface area contributed by atoms with Gasteiger partial charge in [0.1, 0.15) is 5.04 Å². The van der Waals surface area contributed by atoms with Crippen molar-refractivity contribution in [2.75, 3.05) is 12.3 Å². The van der Waals surface area contributed by atoms with Crippen molar-refractivity contribution in [2.45, 2.75) is 12.8 Å². The highest BCUT2D eigenvalue weighted by Crippen LogP contribution is 2.29. The minimum Gasteiger partial charge on any atom is -0.297 e. The molecular weight excluding hydrogens is 332 g/mol. The minimum atomic E-state index is 0.0549. The van der Waals surface area contributed by atoms with Crippen LogP contribution in [0.3, 0.4) is 0 Å². The van der Waals surface area contributed by atoms with Crippen LogP contribution in [0.2, 0.25) is 0 Å². The molecule has 6 heteroatoms. The maximum absolute atomic E-state index is 12.1. The van der Waals surface area contributed by atoms with Crippen LogP contribution < -0.4 is 0 Å². The fourth-order valence-corrected chi connectivity index (χ4v) is 3.44. The maximum Gasteiger partial charge on any atom is 0.164 e. The van der Waals surface area contributed by atoms with Gasteiger partial charge in [-0.25, -0.2) is 0 Å². The Kier molecular flexibility index (Phi) is 5.85. The number of aliphatic imine (C=N–C) groups is 1. The zero-order valence-electron chi connectivity index (χ0n) is 13.9. The molecule has 0 fully saturated rings. The first kappa shape index (κ1) is 17.2. The fraction of sp³-hybridized carbons (Fsp3) is 0.211. The van der Waals surface area contributed by atoms with Crippen molar-refractivity contribution in [3.8, 4) is 0 Å². The monoisotopic (exact) mass is 350 g/mol. The molecule has 0 spiro atoms. The van der Waals surface area contributed by atoms with E-state index in [2.05, 4.69) is 32.3 Å². The Morgan fingerprint density at radius 3 is 2.68 bits per heavy atom. The number of nitrogens with zero attached hydrogens (tertiary/aromatic N) is 4. The second kappa shape index (κ2) is 8.48. The van der Waals surface area contributed by atoms with E-state index >= 15 is 0 Å². The van der Waals surface area contributed by atoms with Crippen LogP contribution >= 0.6 is 11.8 Å². The quantitative estimate of drug-likeness (QED) is 0.750. The zero-order chi connectivity index (χ0) is 17.5. The molecule has 1 atom stereocenters. The average Bonchev–Trinajstić information content (AvgIpc) is 3.02. The predicted molar refractivity (Wildman–Crippen MR) is 104 cm³/mol. The minimum absolute atomic E-state index is 0.0549. The average molecular weight is 350 g/mol. The lowest BCUT2D eigenvalue weighted by molar-refractivity contribution is -0.115. The second-order valence-electron chi connectivity index (χ2n) is 5.60. The van der Waals surface area contributed by atoms with Gasteiger partial charge in [0.2, 0.25) is 0 Å². The summed E-state index contributed by atoms with van der Waals surface area (Å²) in [7, 11) is 0. The third kappa shape index (κ3) is 4.70. The molecule has 1 unspecified atom stereocenters. The summed E-state index contributed by atoms with van der Waals surface area (Å²) in [5.74, 6) is 0.465. The number of carbonyl (C=O) groups excluding carboxylic acids is 1. The number of pyridine rings is 1. The number of carbonyl (C=O) groups is 1. The van der Waals surface area contributed by atoms with Crippen LogP contribution in [0.25, 0.3) is 0 Å². The first-order valence-electron chi connectivity index (χ1n) is 7.95. The molecule has 3 rings (SSSR count). The molecule has 126 valence electrons. The van der Waals surface area contributed by atoms with E-state index in [-0.39, 0.29) is 18.2 Å². The van der Waals surface area contributed by atoms with Gasteiger partial charge in [-0.05, 0) is 30.2 Å². The number of ketones is 1. The van der Waals surface area contributed by atoms with Crippen LogP contribution in [0.4, 0.5) is 0 Å². The van der Waals surface area contributed by atoms with E-state index in [1.165, 1.54) is 11.8 Å². The lowest BCUT2D eigenvalue weighted by Crippen LogP contribution is -2.16. The van der Waals surface area contributed by atoms with Gasteiger partial charge in [0.05, 0.1) is 23.9 Å². The fourth-order valence-electron chi connectivity index (χ4n) is 2.47. The van der Waals surface area contributed by atoms with Crippen LogP contribution in [0.1, 0.15) is 24.0 Å². The molecule has 0 bridgehead atoms. The van der Waals surface area contributed by atoms with Gasteiger partial charge in [-0.15, -0.1) is 5.10 Å². The van der Waals surface area contributed by atoms with E-state index in [1.54, 1.807) is 18.6 Å². The Labute approximate surface area is 151 Å². The molecule has 0 saturated heterocycles. The molecule has 0 N–H and O–H groups in total. The lowest BCUT2D eigenvalue weighted by atomic mass is 9.97. The summed E-state index contributed by atoms with van der Waals surface area (Å²) in [4.78, 5) is 20.2. The van der Waals surface area contributed by atoms with E-state index < -0.39 is 0 Å². The molecule has 1 aliphatic heterocycles. The summed E-state index contributed by atoms with van der Waals surface area (Å²) in [5, 5.41) is 9.31. The molecule has 0 saturated carbocycles. The van der Waals surface area contributed by atoms with Crippen molar-refractivity contribution < 1.29 is 4.79 Å². The van der Waals surface area contributed by atoms with E-state index in [4.69, 9.17) is 0 Å². The lowest BCUT2D eigenvalue weighted by Gasteiger charge is -2.13. The van der Waals surface area contributed by atoms with Crippen molar-refractivity contribution >= 4 is 34.5 Å². The number of hydrogen-bond donors (Lipinski definition) is 0. The molecule has 5 nitrogen and oxygen atoms in total. The van der Waals surface area contributed by atoms with Gasteiger partial charge in [-0.1, -0.05) is 42.1 Å². The smallest absolute Gasteiger partial charge is 0.164 e. The molecule has 2 heterocycles. The first-order chi connectivity index (χ1) is 12.2. The Morgan fingerprint density at radius 1 is 1.16 bits per heavy atom. The third-order valence-electron chi connectivity index (χ3n) is 3.70. The highest BCUT2D eigenvalue weighted by Gasteiger charge is 2.26. The Bertz CT molecular complexity index is 816. The Morgan fingerprint density at radius 2 is 1.92 bits per heavy atom. The maximum atomic E-state index is 12.1. The van der Waals surface area contributed by atoms with Crippen molar-refractivity contribution in [1.82, 2.24) is 4.98 Å². The molecule has 0 amide bonds. The van der Waals surface area contributed by atoms with E-state index in [0.717, 1.165) is 21.9 Å². The molecular formula is C19H18N4OS. The summed E-state index contributed by atoms with van der Waals surface area (Å²) in [6, 6.07) is 13.8. The van der Waals surface area contributed by atoms with Gasteiger partial charge < -0.3 is 0 Å². The first-order valence-corrected chi connectivity index (χ1v) is 8.94. The summed E-state index contributed by atoms with van der Waals surface area (Å²) < 4.78 is 0. The number of thioether (sulfide) groups is 1. The Hall–Kier alpha value is -2.60. The zero-order valence-corrected chi connectivity index (χ0v) is 14.7. The molecule has 1 aliphatic rings. The number of Topliss-reactive ketones (excluding diaryl/α,β-unsaturated/α-hetero) is 1. The standard InChI is InChI=1S/C19H18N4OS/c1-14-18(16-5-3-2-4-6-16)19(23-22-14)25-13-17(24)12-21-11-15-7-9-20-10-8-15/h2-11,18H,12-13H2,1H3. The summed E-state index contributed by atoms with van der Waals surface area (Å²) in [5.41, 5.74) is 3.04. The van der Waals surface area contributed by atoms with Gasteiger partial charge in [-0.2, -0.15) is 5.10 Å². The molecule has 0 radical (unpaired) electrons. The van der Waals surface area contributed by atoms with E-state index in [0.29, 0.717) is 5.75 Å². The van der Waals surface area contributed by atoms with Crippen molar-refractivity contribution in [3.05, 3.63) is 66.0 Å². The molecule has 1 aromatic carbocycles. The largest absolute Gasteiger partial charge is 0.297 e. The molecule has 0 aliphatic carbocycles. The number of rotatable bonds is 6. The Balaban J connectivity index is 1.53. The second-order valence-corrected chi connectivity index (χ2v) is 6.60. The number of hydrogen-bond acceptors (Lipinski definition) is 6. The van der Waals surface area contributed by atoms with Crippen LogP contribution in [-0.4, -0.2) is 40.0 Å². The van der Waals surface area contributed by atoms with Crippen LogP contribution in [-0.2, 0) is 4.79 Å². The number of aromatic nitrogens is 1. The van der Waals surface area contributed by atoms with Crippen molar-refractivity contribution in [1.29, 1.82) is 0 Å². The summed E-state index contributed by atoms with van der Waals surface area (Å²) in [6.45, 7) is 2.13. The van der Waals surface area contributed by atoms with Crippen molar-refractivity contribution in [2.24, 2.45) is 15.2 Å². The van der Waals surface area contributed by atoms with Crippen LogP contribution in [0.5, 0.6) is 0 Å². The van der Waals surface area contributed by atoms with E-state index in [1.807, 2.05) is 37.3 Å². The van der Waals surface area contributed by atoms with Gasteiger partial charge in [0, 0.05) is 18.6 Å². The van der Waals surface area contributed by atoms with Gasteiger partial charge in [-0.3, -0.25) is 14.8 Å². The summed E-state index contributed by atoms with van der Waals surface area (Å²) in [6.07, 6.45) is 5.09. The normalized spacial score (nSPS) is 16.8. The third-order valence-corrected chi connectivity index (χ3v) is 4.78. The molecule has 1 aromatic heterocycles. The van der Waals surface area contributed by atoms with Gasteiger partial charge in [0.15, 0.2) is 5.78 Å². The van der Waals surface area contributed by atoms with Gasteiger partial charge >= 0.3 is 0 Å². The highest BCUT2D eigenvalue weighted by atomic mass is 32.2. The topological polar surface area (TPSA) is 67.0 Å². The van der Waals surface area contributed by atoms with Crippen molar-refractivity contribution in [3.63, 3.8) is 0 Å². The number of benzene rings is 1. The van der Waals surface area contributed by atoms with Crippen LogP contribution in [0, 0.1) is 0 Å². The van der Waals surface area contributed by atoms with Crippen LogP contribution in [0.15, 0.2) is 70.1 Å². The molecule has 2 aromatic rings. The highest BCUT2D eigenvalue weighted by molar-refractivity contribution is 8.14. The van der Waals surface area contributed by atoms with E-state index in [9.17, 15) is 4.79 Å². The van der Waals surface area contributed by atoms with Gasteiger partial charge in [0.25, 0.3) is 0 Å². The summed E-state index contributed by atoms with van der Waals surface area (Å²) >= 11 is 1.45. The molecule has 25 heavy (non-hydrogen) atoms. The predicted octanol–water partition coefficient (Wildman–Crippen LogP) is 3.37. The SMILES string of the molecule is CC1=NN=C(SCC(=O)CN=Cc2ccncc2)C1c1ccccc1.